The summed E-state index contributed by atoms with van der Waals surface area (Å²) in [5, 5.41) is 21.3. The van der Waals surface area contributed by atoms with Crippen LogP contribution in [0.15, 0.2) is 16.9 Å². The minimum atomic E-state index is -1.99. The molecule has 0 spiro atoms. The molecule has 3 N–H and O–H groups in total. The largest absolute Gasteiger partial charge is 0.371 e. The van der Waals surface area contributed by atoms with Crippen LogP contribution in [0.4, 0.5) is 10.1 Å². The third-order valence-electron chi connectivity index (χ3n) is 6.96. The lowest BCUT2D eigenvalue weighted by atomic mass is 9.86. The van der Waals surface area contributed by atoms with Gasteiger partial charge in [0, 0.05) is 22.6 Å². The topological polar surface area (TPSA) is 114 Å². The monoisotopic (exact) mass is 457 g/mol. The average molecular weight is 457 g/mol. The van der Waals surface area contributed by atoms with Gasteiger partial charge in [0.25, 0.3) is 5.56 Å². The molecule has 0 saturated heterocycles. The Hall–Kier alpha value is -2.66. The van der Waals surface area contributed by atoms with Gasteiger partial charge < -0.3 is 9.67 Å². The molecule has 10 heteroatoms. The molecule has 1 aromatic carbocycles. The molecule has 0 radical (unpaired) electrons. The quantitative estimate of drug-likeness (QED) is 0.397. The van der Waals surface area contributed by atoms with Gasteiger partial charge in [0.1, 0.15) is 0 Å². The Morgan fingerprint density at radius 2 is 2.06 bits per heavy atom. The molecule has 0 saturated carbocycles. The third-order valence-corrected chi connectivity index (χ3v) is 8.35. The van der Waals surface area contributed by atoms with Gasteiger partial charge in [-0.2, -0.15) is 0 Å². The lowest BCUT2D eigenvalue weighted by Crippen LogP contribution is -2.40. The van der Waals surface area contributed by atoms with E-state index in [4.69, 9.17) is 9.17 Å². The molecule has 6 rings (SSSR count). The molecule has 3 aromatic rings. The number of aliphatic hydroxyl groups is 1. The zero-order valence-electron chi connectivity index (χ0n) is 17.2. The summed E-state index contributed by atoms with van der Waals surface area (Å²) in [4.78, 5) is 16.3. The van der Waals surface area contributed by atoms with Crippen molar-refractivity contribution in [3.05, 3.63) is 56.1 Å². The zero-order chi connectivity index (χ0) is 22.4. The Kier molecular flexibility index (Phi) is 4.17. The van der Waals surface area contributed by atoms with Crippen molar-refractivity contribution in [2.75, 3.05) is 5.48 Å². The van der Waals surface area contributed by atoms with E-state index >= 15 is 0 Å². The number of anilines is 1. The number of nitrogens with one attached hydrogen (secondary N) is 1. The van der Waals surface area contributed by atoms with E-state index in [1.54, 1.807) is 17.6 Å². The standard InChI is InChI=1S/C22H20FN3O5S/c1-2-22(28)14-6-17-20-12(8-26(17)21(27)13(14)9-31-32(22)30)10-4-3-5-11-18(10)16(24-20)7-15(23)19(11)25-29/h6-7,25,28-29H,2-5,8-9H2,1H3/t22-,32?/m1/s1. The summed E-state index contributed by atoms with van der Waals surface area (Å²) in [5.74, 6) is -0.593. The molecule has 32 heavy (non-hydrogen) atoms. The lowest BCUT2D eigenvalue weighted by molar-refractivity contribution is 0.0968. The van der Waals surface area contributed by atoms with Crippen molar-refractivity contribution in [3.63, 3.8) is 0 Å². The Balaban J connectivity index is 1.67. The first-order chi connectivity index (χ1) is 15.4. The van der Waals surface area contributed by atoms with Crippen molar-refractivity contribution in [2.24, 2.45) is 0 Å². The van der Waals surface area contributed by atoms with Crippen molar-refractivity contribution in [1.29, 1.82) is 0 Å². The van der Waals surface area contributed by atoms with Crippen LogP contribution in [0.2, 0.25) is 0 Å². The van der Waals surface area contributed by atoms with Crippen molar-refractivity contribution in [1.82, 2.24) is 9.55 Å². The molecule has 0 bridgehead atoms. The number of benzene rings is 1. The molecular weight excluding hydrogens is 437 g/mol. The summed E-state index contributed by atoms with van der Waals surface area (Å²) in [6.07, 6.45) is 2.25. The van der Waals surface area contributed by atoms with Crippen LogP contribution in [-0.4, -0.2) is 24.1 Å². The molecule has 0 fully saturated rings. The van der Waals surface area contributed by atoms with Gasteiger partial charge in [0.2, 0.25) is 0 Å². The number of pyridine rings is 2. The third kappa shape index (κ3) is 2.38. The van der Waals surface area contributed by atoms with Gasteiger partial charge in [0.15, 0.2) is 21.8 Å². The van der Waals surface area contributed by atoms with Crippen LogP contribution in [0.3, 0.4) is 0 Å². The van der Waals surface area contributed by atoms with Crippen LogP contribution in [-0.2, 0) is 46.2 Å². The fourth-order valence-electron chi connectivity index (χ4n) is 5.36. The van der Waals surface area contributed by atoms with Crippen molar-refractivity contribution < 1.29 is 23.1 Å². The van der Waals surface area contributed by atoms with Crippen LogP contribution in [0.5, 0.6) is 0 Å². The summed E-state index contributed by atoms with van der Waals surface area (Å²) in [7, 11) is 0. The van der Waals surface area contributed by atoms with Gasteiger partial charge in [-0.05, 0) is 42.9 Å². The molecule has 3 aliphatic rings. The number of hydrogen-bond donors (Lipinski definition) is 3. The molecule has 2 aromatic heterocycles. The highest BCUT2D eigenvalue weighted by molar-refractivity contribution is 7.81. The molecule has 1 unspecified atom stereocenters. The van der Waals surface area contributed by atoms with E-state index in [1.165, 1.54) is 6.07 Å². The summed E-state index contributed by atoms with van der Waals surface area (Å²) in [6.45, 7) is 1.85. The van der Waals surface area contributed by atoms with Gasteiger partial charge in [-0.15, -0.1) is 0 Å². The predicted molar refractivity (Wildman–Crippen MR) is 115 cm³/mol. The molecule has 2 atom stereocenters. The Morgan fingerprint density at radius 1 is 1.28 bits per heavy atom. The molecule has 8 nitrogen and oxygen atoms in total. The maximum Gasteiger partial charge on any atom is 0.257 e. The SMILES string of the molecule is CC[C@]1(O)c2cc3n(c(=O)c2COS1=O)Cc1c-3nc2cc(F)c(NO)c3c2c1CCC3. The molecular formula is C22H20FN3O5S. The first-order valence-corrected chi connectivity index (χ1v) is 11.6. The van der Waals surface area contributed by atoms with Crippen LogP contribution in [0, 0.1) is 5.82 Å². The van der Waals surface area contributed by atoms with Crippen LogP contribution in [0.25, 0.3) is 22.3 Å². The number of aryl methyl sites for hydroxylation is 2. The highest BCUT2D eigenvalue weighted by atomic mass is 32.2. The van der Waals surface area contributed by atoms with Crippen LogP contribution in [0.1, 0.15) is 47.6 Å². The Labute approximate surface area is 184 Å². The lowest BCUT2D eigenvalue weighted by Gasteiger charge is -2.31. The van der Waals surface area contributed by atoms with Gasteiger partial charge in [-0.1, -0.05) is 6.92 Å². The molecule has 2 aliphatic heterocycles. The van der Waals surface area contributed by atoms with Crippen molar-refractivity contribution in [3.8, 4) is 11.4 Å². The number of rotatable bonds is 2. The Bertz CT molecular complexity index is 1440. The predicted octanol–water partition coefficient (Wildman–Crippen LogP) is 2.60. The zero-order valence-corrected chi connectivity index (χ0v) is 18.0. The minimum Gasteiger partial charge on any atom is -0.371 e. The number of hydrogen-bond acceptors (Lipinski definition) is 7. The van der Waals surface area contributed by atoms with Crippen LogP contribution >= 0.6 is 0 Å². The van der Waals surface area contributed by atoms with E-state index in [-0.39, 0.29) is 24.3 Å². The maximum absolute atomic E-state index is 14.7. The molecule has 4 heterocycles. The van der Waals surface area contributed by atoms with Crippen molar-refractivity contribution >= 4 is 27.7 Å². The van der Waals surface area contributed by atoms with Gasteiger partial charge >= 0.3 is 0 Å². The smallest absolute Gasteiger partial charge is 0.257 e. The molecule has 166 valence electrons. The summed E-state index contributed by atoms with van der Waals surface area (Å²) in [6, 6.07) is 2.97. The van der Waals surface area contributed by atoms with E-state index in [1.807, 2.05) is 5.48 Å². The van der Waals surface area contributed by atoms with Crippen LogP contribution < -0.4 is 11.0 Å². The van der Waals surface area contributed by atoms with E-state index in [0.29, 0.717) is 46.6 Å². The van der Waals surface area contributed by atoms with Gasteiger partial charge in [0.05, 0.1) is 41.3 Å². The first-order valence-electron chi connectivity index (χ1n) is 10.5. The normalized spacial score (nSPS) is 23.1. The number of halogens is 1. The van der Waals surface area contributed by atoms with Gasteiger partial charge in [-0.25, -0.2) is 13.6 Å². The fourth-order valence-corrected chi connectivity index (χ4v) is 6.38. The summed E-state index contributed by atoms with van der Waals surface area (Å²) in [5.41, 5.74) is 6.45. The average Bonchev–Trinajstić information content (AvgIpc) is 3.16. The van der Waals surface area contributed by atoms with Gasteiger partial charge in [-0.3, -0.25) is 19.7 Å². The van der Waals surface area contributed by atoms with E-state index in [2.05, 4.69) is 0 Å². The van der Waals surface area contributed by atoms with E-state index in [9.17, 15) is 23.7 Å². The maximum atomic E-state index is 14.7. The second-order valence-electron chi connectivity index (χ2n) is 8.44. The molecule has 0 amide bonds. The second kappa shape index (κ2) is 6.67. The summed E-state index contributed by atoms with van der Waals surface area (Å²) >= 11 is -1.99. The Morgan fingerprint density at radius 3 is 2.81 bits per heavy atom. The minimum absolute atomic E-state index is 0.0657. The van der Waals surface area contributed by atoms with Crippen molar-refractivity contribution in [2.45, 2.75) is 50.7 Å². The fraction of sp³-hybridized carbons (Fsp3) is 0.364. The first kappa shape index (κ1) is 20.0. The second-order valence-corrected chi connectivity index (χ2v) is 9.82. The highest BCUT2D eigenvalue weighted by Crippen LogP contribution is 2.44. The number of fused-ring (bicyclic) bond motifs is 5. The van der Waals surface area contributed by atoms with E-state index in [0.717, 1.165) is 29.4 Å². The summed E-state index contributed by atoms with van der Waals surface area (Å²) < 4.78 is 33.9. The number of aromatic nitrogens is 2. The van der Waals surface area contributed by atoms with E-state index < -0.39 is 21.8 Å². The molecule has 1 aliphatic carbocycles. The number of nitrogens with zero attached hydrogens (tertiary/aromatic N) is 2. The highest BCUT2D eigenvalue weighted by Gasteiger charge is 2.44.